The van der Waals surface area contributed by atoms with Crippen molar-refractivity contribution in [2.75, 3.05) is 5.73 Å². The molecule has 8 heteroatoms. The predicted octanol–water partition coefficient (Wildman–Crippen LogP) is 3.68. The summed E-state index contributed by atoms with van der Waals surface area (Å²) >= 11 is 1.30. The number of nitrogens with two attached hydrogens (primary N) is 2. The molecule has 0 radical (unpaired) electrons. The van der Waals surface area contributed by atoms with Crippen LogP contribution >= 0.6 is 11.8 Å². The van der Waals surface area contributed by atoms with Crippen molar-refractivity contribution in [3.05, 3.63) is 64.5 Å². The van der Waals surface area contributed by atoms with E-state index < -0.39 is 10.8 Å². The topological polar surface area (TPSA) is 125 Å². The minimum Gasteiger partial charge on any atom is -0.398 e. The number of pyridine rings is 1. The first-order valence-electron chi connectivity index (χ1n) is 8.31. The van der Waals surface area contributed by atoms with E-state index in [0.717, 1.165) is 15.7 Å². The summed E-state index contributed by atoms with van der Waals surface area (Å²) in [6.45, 7) is 0. The van der Waals surface area contributed by atoms with E-state index in [0.29, 0.717) is 29.0 Å². The molecule has 0 aliphatic rings. The number of hydrogen-bond donors (Lipinski definition) is 2. The maximum atomic E-state index is 11.6. The number of carbonyl (C=O) groups is 1. The number of hydrogen-bond acceptors (Lipinski definition) is 6. The van der Waals surface area contributed by atoms with Crippen LogP contribution in [0.25, 0.3) is 10.8 Å². The van der Waals surface area contributed by atoms with Gasteiger partial charge in [-0.25, -0.2) is 0 Å². The molecular formula is C19H18N4O3S. The third-order valence-corrected chi connectivity index (χ3v) is 5.27. The quantitative estimate of drug-likeness (QED) is 0.365. The number of nitrogens with zero attached hydrogens (tertiary/aromatic N) is 2. The molecule has 1 amide bonds. The molecule has 0 unspecified atom stereocenters. The minimum atomic E-state index is -0.411. The average Bonchev–Trinajstić information content (AvgIpc) is 2.63. The molecule has 3 aromatic rings. The summed E-state index contributed by atoms with van der Waals surface area (Å²) in [5.74, 6) is -0.402. The van der Waals surface area contributed by atoms with Crippen molar-refractivity contribution in [1.82, 2.24) is 4.98 Å². The van der Waals surface area contributed by atoms with Gasteiger partial charge in [0.25, 0.3) is 5.69 Å². The molecule has 0 bridgehead atoms. The van der Waals surface area contributed by atoms with E-state index >= 15 is 0 Å². The maximum Gasteiger partial charge on any atom is 0.283 e. The Bertz CT molecular complexity index is 1020. The first kappa shape index (κ1) is 18.7. The summed E-state index contributed by atoms with van der Waals surface area (Å²) in [4.78, 5) is 27.5. The van der Waals surface area contributed by atoms with Crippen molar-refractivity contribution in [2.24, 2.45) is 5.73 Å². The Morgan fingerprint density at radius 3 is 2.78 bits per heavy atom. The standard InChI is InChI=1S/C19H18N4O3S/c20-15-10-18(16(23(25)26)9-12(15)3-2-6-19(21)24)27-17-5-1-4-13-11-22-8-7-14(13)17/h1,4-5,7-11H,2-3,6,20H2,(H2,21,24). The number of nitro groups is 1. The van der Waals surface area contributed by atoms with Gasteiger partial charge in [0.1, 0.15) is 0 Å². The van der Waals surface area contributed by atoms with Crippen molar-refractivity contribution in [1.29, 1.82) is 0 Å². The summed E-state index contributed by atoms with van der Waals surface area (Å²) in [5, 5.41) is 13.5. The van der Waals surface area contributed by atoms with Crippen LogP contribution in [0.2, 0.25) is 0 Å². The molecule has 0 saturated heterocycles. The van der Waals surface area contributed by atoms with Crippen LogP contribution in [-0.4, -0.2) is 15.8 Å². The molecule has 7 nitrogen and oxygen atoms in total. The zero-order valence-corrected chi connectivity index (χ0v) is 15.2. The van der Waals surface area contributed by atoms with Gasteiger partial charge in [0.05, 0.1) is 9.82 Å². The number of nitro benzene ring substituents is 1. The van der Waals surface area contributed by atoms with Crippen LogP contribution in [0, 0.1) is 10.1 Å². The van der Waals surface area contributed by atoms with E-state index in [1.807, 2.05) is 24.3 Å². The summed E-state index contributed by atoms with van der Waals surface area (Å²) < 4.78 is 0. The lowest BCUT2D eigenvalue weighted by atomic mass is 10.1. The highest BCUT2D eigenvalue weighted by Gasteiger charge is 2.19. The third-order valence-electron chi connectivity index (χ3n) is 4.15. The Morgan fingerprint density at radius 1 is 1.22 bits per heavy atom. The molecule has 3 rings (SSSR count). The highest BCUT2D eigenvalue weighted by molar-refractivity contribution is 7.99. The SMILES string of the molecule is NC(=O)CCCc1cc([N+](=O)[O-])c(Sc2cccc3cnccc23)cc1N. The number of aromatic nitrogens is 1. The largest absolute Gasteiger partial charge is 0.398 e. The van der Waals surface area contributed by atoms with Gasteiger partial charge in [-0.2, -0.15) is 0 Å². The molecule has 138 valence electrons. The van der Waals surface area contributed by atoms with Gasteiger partial charge >= 0.3 is 0 Å². The number of primary amides is 1. The molecule has 4 N–H and O–H groups in total. The minimum absolute atomic E-state index is 0.00525. The second-order valence-electron chi connectivity index (χ2n) is 6.05. The lowest BCUT2D eigenvalue weighted by Gasteiger charge is -2.10. The monoisotopic (exact) mass is 382 g/mol. The Labute approximate surface area is 159 Å². The normalized spacial score (nSPS) is 10.8. The fraction of sp³-hybridized carbons (Fsp3) is 0.158. The number of amides is 1. The Balaban J connectivity index is 1.96. The van der Waals surface area contributed by atoms with Crippen LogP contribution < -0.4 is 11.5 Å². The molecule has 0 spiro atoms. The van der Waals surface area contributed by atoms with Crippen molar-refractivity contribution in [3.63, 3.8) is 0 Å². The first-order chi connectivity index (χ1) is 13.0. The number of aryl methyl sites for hydroxylation is 1. The summed E-state index contributed by atoms with van der Waals surface area (Å²) in [6, 6.07) is 10.7. The number of carbonyl (C=O) groups excluding carboxylic acids is 1. The van der Waals surface area contributed by atoms with E-state index in [1.165, 1.54) is 17.8 Å². The third kappa shape index (κ3) is 4.35. The Kier molecular flexibility index (Phi) is 5.56. The van der Waals surface area contributed by atoms with Crippen molar-refractivity contribution in [3.8, 4) is 0 Å². The van der Waals surface area contributed by atoms with Crippen LogP contribution in [0.4, 0.5) is 11.4 Å². The zero-order chi connectivity index (χ0) is 19.4. The van der Waals surface area contributed by atoms with Gasteiger partial charge in [0.15, 0.2) is 0 Å². The number of fused-ring (bicyclic) bond motifs is 1. The fourth-order valence-corrected chi connectivity index (χ4v) is 3.92. The molecule has 1 heterocycles. The van der Waals surface area contributed by atoms with Gasteiger partial charge < -0.3 is 11.5 Å². The maximum absolute atomic E-state index is 11.6. The highest BCUT2D eigenvalue weighted by Crippen LogP contribution is 2.40. The highest BCUT2D eigenvalue weighted by atomic mass is 32.2. The first-order valence-corrected chi connectivity index (χ1v) is 9.13. The fourth-order valence-electron chi connectivity index (χ4n) is 2.82. The molecular weight excluding hydrogens is 364 g/mol. The van der Waals surface area contributed by atoms with Gasteiger partial charge in [-0.15, -0.1) is 0 Å². The van der Waals surface area contributed by atoms with E-state index in [4.69, 9.17) is 11.5 Å². The Morgan fingerprint density at radius 2 is 2.04 bits per heavy atom. The molecule has 2 aromatic carbocycles. The van der Waals surface area contributed by atoms with Crippen LogP contribution in [0.3, 0.4) is 0 Å². The number of rotatable bonds is 7. The van der Waals surface area contributed by atoms with Gasteiger partial charge in [-0.3, -0.25) is 19.9 Å². The van der Waals surface area contributed by atoms with Crippen LogP contribution in [0.5, 0.6) is 0 Å². The van der Waals surface area contributed by atoms with Crippen molar-refractivity contribution in [2.45, 2.75) is 29.1 Å². The number of nitrogen functional groups attached to an aromatic ring is 1. The lowest BCUT2D eigenvalue weighted by Crippen LogP contribution is -2.10. The molecule has 0 aliphatic carbocycles. The van der Waals surface area contributed by atoms with Crippen LogP contribution in [0.15, 0.2) is 58.6 Å². The summed E-state index contributed by atoms with van der Waals surface area (Å²) in [6.07, 6.45) is 4.62. The predicted molar refractivity (Wildman–Crippen MR) is 106 cm³/mol. The van der Waals surface area contributed by atoms with Crippen LogP contribution in [0.1, 0.15) is 18.4 Å². The molecule has 0 atom stereocenters. The van der Waals surface area contributed by atoms with Gasteiger partial charge in [-0.1, -0.05) is 23.9 Å². The Hall–Kier alpha value is -3.13. The molecule has 0 saturated carbocycles. The smallest absolute Gasteiger partial charge is 0.283 e. The van der Waals surface area contributed by atoms with Crippen LogP contribution in [-0.2, 0) is 11.2 Å². The molecule has 0 aliphatic heterocycles. The van der Waals surface area contributed by atoms with Crippen molar-refractivity contribution >= 4 is 39.8 Å². The second kappa shape index (κ2) is 8.05. The number of benzene rings is 2. The van der Waals surface area contributed by atoms with E-state index in [-0.39, 0.29) is 12.1 Å². The van der Waals surface area contributed by atoms with Gasteiger partial charge in [-0.05, 0) is 42.0 Å². The average molecular weight is 382 g/mol. The van der Waals surface area contributed by atoms with E-state index in [2.05, 4.69) is 4.98 Å². The van der Waals surface area contributed by atoms with Gasteiger partial charge in [0.2, 0.25) is 5.91 Å². The molecule has 0 fully saturated rings. The second-order valence-corrected chi connectivity index (χ2v) is 7.13. The van der Waals surface area contributed by atoms with E-state index in [1.54, 1.807) is 18.5 Å². The summed E-state index contributed by atoms with van der Waals surface area (Å²) in [5.41, 5.74) is 12.4. The number of anilines is 1. The summed E-state index contributed by atoms with van der Waals surface area (Å²) in [7, 11) is 0. The van der Waals surface area contributed by atoms with Crippen molar-refractivity contribution < 1.29 is 9.72 Å². The zero-order valence-electron chi connectivity index (χ0n) is 14.4. The molecule has 1 aromatic heterocycles. The van der Waals surface area contributed by atoms with Gasteiger partial charge in [0, 0.05) is 40.8 Å². The lowest BCUT2D eigenvalue weighted by molar-refractivity contribution is -0.387. The molecule has 27 heavy (non-hydrogen) atoms. The van der Waals surface area contributed by atoms with E-state index in [9.17, 15) is 14.9 Å².